The van der Waals surface area contributed by atoms with Crippen molar-refractivity contribution in [3.63, 3.8) is 0 Å². The standard InChI is InChI=1S/C7H12N3S.C2H4O2/c1-3-10(11-6-8)5-4-9(2)7-10;1-2(3)4/h4-5H,3,7H2,1-2H3;1H3,(H,3,4)/q+1;. The van der Waals surface area contributed by atoms with E-state index in [0.717, 1.165) is 20.1 Å². The highest BCUT2D eigenvalue weighted by Crippen LogP contribution is 2.27. The zero-order valence-corrected chi connectivity index (χ0v) is 9.99. The predicted molar refractivity (Wildman–Crippen MR) is 59.1 cm³/mol. The first-order valence-electron chi connectivity index (χ1n) is 4.49. The Morgan fingerprint density at radius 1 is 1.80 bits per heavy atom. The highest BCUT2D eigenvalue weighted by molar-refractivity contribution is 7.98. The maximum absolute atomic E-state index is 9.00. The van der Waals surface area contributed by atoms with E-state index >= 15 is 0 Å². The molecular weight excluding hydrogens is 214 g/mol. The van der Waals surface area contributed by atoms with Crippen LogP contribution in [0.3, 0.4) is 0 Å². The maximum Gasteiger partial charge on any atom is 0.300 e. The van der Waals surface area contributed by atoms with E-state index in [1.807, 2.05) is 13.2 Å². The molecule has 0 radical (unpaired) electrons. The van der Waals surface area contributed by atoms with E-state index in [4.69, 9.17) is 15.2 Å². The summed E-state index contributed by atoms with van der Waals surface area (Å²) in [6, 6.07) is 0. The lowest BCUT2D eigenvalue weighted by Gasteiger charge is -2.24. The average Bonchev–Trinajstić information content (AvgIpc) is 2.48. The molecule has 0 saturated heterocycles. The second-order valence-corrected chi connectivity index (χ2v) is 4.26. The van der Waals surface area contributed by atoms with Gasteiger partial charge in [-0.25, -0.2) is 3.89 Å². The van der Waals surface area contributed by atoms with Crippen LogP contribution in [0.4, 0.5) is 0 Å². The summed E-state index contributed by atoms with van der Waals surface area (Å²) in [5.41, 5.74) is 0. The summed E-state index contributed by atoms with van der Waals surface area (Å²) >= 11 is 1.30. The van der Waals surface area contributed by atoms with Crippen LogP contribution in [-0.4, -0.2) is 40.1 Å². The summed E-state index contributed by atoms with van der Waals surface area (Å²) in [7, 11) is 2.02. The molecule has 0 amide bonds. The van der Waals surface area contributed by atoms with Crippen molar-refractivity contribution in [2.75, 3.05) is 20.3 Å². The Bertz CT molecular complexity index is 284. The number of hydrogen-bond donors (Lipinski definition) is 1. The molecule has 1 aliphatic rings. The first-order valence-corrected chi connectivity index (χ1v) is 5.26. The molecule has 5 nitrogen and oxygen atoms in total. The van der Waals surface area contributed by atoms with Crippen molar-refractivity contribution >= 4 is 17.9 Å². The van der Waals surface area contributed by atoms with Gasteiger partial charge in [0.05, 0.1) is 12.7 Å². The van der Waals surface area contributed by atoms with Gasteiger partial charge in [-0.1, -0.05) is 0 Å². The summed E-state index contributed by atoms with van der Waals surface area (Å²) < 4.78 is 0.701. The van der Waals surface area contributed by atoms with Gasteiger partial charge in [0.25, 0.3) is 5.97 Å². The Hall–Kier alpha value is -1.19. The number of carbonyl (C=O) groups is 1. The monoisotopic (exact) mass is 230 g/mol. The van der Waals surface area contributed by atoms with Crippen molar-refractivity contribution in [1.82, 2.24) is 4.90 Å². The highest BCUT2D eigenvalue weighted by Gasteiger charge is 2.30. The molecule has 0 fully saturated rings. The van der Waals surface area contributed by atoms with Crippen LogP contribution in [0.2, 0.25) is 0 Å². The minimum absolute atomic E-state index is 0.701. The fraction of sp³-hybridized carbons (Fsp3) is 0.556. The number of nitrogens with zero attached hydrogens (tertiary/aromatic N) is 3. The topological polar surface area (TPSA) is 64.3 Å². The van der Waals surface area contributed by atoms with Crippen LogP contribution < -0.4 is 0 Å². The van der Waals surface area contributed by atoms with E-state index in [0.29, 0.717) is 3.89 Å². The van der Waals surface area contributed by atoms with Crippen molar-refractivity contribution in [1.29, 1.82) is 5.26 Å². The van der Waals surface area contributed by atoms with Gasteiger partial charge in [0.15, 0.2) is 12.1 Å². The largest absolute Gasteiger partial charge is 0.481 e. The van der Waals surface area contributed by atoms with Crippen LogP contribution in [0.25, 0.3) is 0 Å². The second-order valence-electron chi connectivity index (χ2n) is 3.17. The summed E-state index contributed by atoms with van der Waals surface area (Å²) in [4.78, 5) is 11.1. The van der Waals surface area contributed by atoms with E-state index in [9.17, 15) is 0 Å². The van der Waals surface area contributed by atoms with Crippen molar-refractivity contribution in [2.24, 2.45) is 0 Å². The molecule has 1 rings (SSSR count). The Morgan fingerprint density at radius 2 is 2.33 bits per heavy atom. The first-order chi connectivity index (χ1) is 6.95. The molecule has 1 unspecified atom stereocenters. The van der Waals surface area contributed by atoms with Crippen LogP contribution in [0.1, 0.15) is 13.8 Å². The Labute approximate surface area is 94.3 Å². The Morgan fingerprint density at radius 3 is 2.60 bits per heavy atom. The van der Waals surface area contributed by atoms with Crippen LogP contribution in [0, 0.1) is 10.7 Å². The molecule has 0 spiro atoms. The molecule has 1 atom stereocenters. The third-order valence-corrected chi connectivity index (χ3v) is 2.75. The number of quaternary nitrogens is 1. The average molecular weight is 230 g/mol. The Kier molecular flexibility index (Phi) is 5.82. The molecule has 6 heteroatoms. The molecule has 1 aliphatic heterocycles. The van der Waals surface area contributed by atoms with Gasteiger partial charge in [-0.15, -0.1) is 0 Å². The summed E-state index contributed by atoms with van der Waals surface area (Å²) in [5.74, 6) is -0.833. The fourth-order valence-electron chi connectivity index (χ4n) is 1.12. The number of rotatable bonds is 2. The van der Waals surface area contributed by atoms with Crippen molar-refractivity contribution < 1.29 is 13.8 Å². The zero-order chi connectivity index (χ0) is 11.9. The normalized spacial score (nSPS) is 22.9. The lowest BCUT2D eigenvalue weighted by atomic mass is 10.6. The van der Waals surface area contributed by atoms with Crippen LogP contribution in [0.5, 0.6) is 0 Å². The van der Waals surface area contributed by atoms with Crippen molar-refractivity contribution in [3.8, 4) is 5.40 Å². The quantitative estimate of drug-likeness (QED) is 0.441. The molecule has 0 bridgehead atoms. The van der Waals surface area contributed by atoms with E-state index < -0.39 is 5.97 Å². The van der Waals surface area contributed by atoms with Gasteiger partial charge < -0.3 is 10.0 Å². The maximum atomic E-state index is 9.00. The first kappa shape index (κ1) is 13.8. The molecule has 0 aromatic heterocycles. The number of aliphatic carboxylic acids is 1. The van der Waals surface area contributed by atoms with Gasteiger partial charge in [0.1, 0.15) is 6.20 Å². The molecule has 0 aromatic rings. The smallest absolute Gasteiger partial charge is 0.300 e. The minimum atomic E-state index is -0.833. The van der Waals surface area contributed by atoms with E-state index in [2.05, 4.69) is 23.4 Å². The molecular formula is C9H16N3O2S+. The molecule has 0 aromatic carbocycles. The zero-order valence-electron chi connectivity index (χ0n) is 9.17. The van der Waals surface area contributed by atoms with Gasteiger partial charge in [0.2, 0.25) is 11.9 Å². The third kappa shape index (κ3) is 5.30. The molecule has 0 aliphatic carbocycles. The number of thiocyanates is 1. The highest BCUT2D eigenvalue weighted by atomic mass is 32.2. The van der Waals surface area contributed by atoms with E-state index in [-0.39, 0.29) is 0 Å². The summed E-state index contributed by atoms with van der Waals surface area (Å²) in [6.45, 7) is 5.03. The van der Waals surface area contributed by atoms with Gasteiger partial charge in [-0.05, 0) is 6.92 Å². The van der Waals surface area contributed by atoms with Gasteiger partial charge in [-0.2, -0.15) is 5.26 Å². The number of carboxylic acids is 1. The molecule has 0 saturated carbocycles. The Balaban J connectivity index is 0.000000423. The van der Waals surface area contributed by atoms with Crippen LogP contribution in [-0.2, 0) is 4.79 Å². The van der Waals surface area contributed by atoms with Crippen molar-refractivity contribution in [2.45, 2.75) is 13.8 Å². The lowest BCUT2D eigenvalue weighted by Crippen LogP contribution is -2.36. The lowest BCUT2D eigenvalue weighted by molar-refractivity contribution is -0.739. The van der Waals surface area contributed by atoms with Crippen LogP contribution >= 0.6 is 11.9 Å². The number of hydrogen-bond acceptors (Lipinski definition) is 4. The molecule has 15 heavy (non-hydrogen) atoms. The van der Waals surface area contributed by atoms with Gasteiger partial charge in [-0.3, -0.25) is 4.79 Å². The number of carboxylic acid groups (broad SMARTS) is 1. The fourth-order valence-corrected chi connectivity index (χ4v) is 1.76. The predicted octanol–water partition coefficient (Wildman–Crippen LogP) is 1.42. The SMILES string of the molecule is CC(=O)O.CC[N+]1(SC#N)C=CN(C)C1. The summed E-state index contributed by atoms with van der Waals surface area (Å²) in [6.07, 6.45) is 4.09. The van der Waals surface area contributed by atoms with Crippen LogP contribution in [0.15, 0.2) is 12.4 Å². The van der Waals surface area contributed by atoms with E-state index in [1.165, 1.54) is 11.9 Å². The minimum Gasteiger partial charge on any atom is -0.481 e. The summed E-state index contributed by atoms with van der Waals surface area (Å²) in [5, 5.41) is 18.1. The van der Waals surface area contributed by atoms with E-state index in [1.54, 1.807) is 0 Å². The van der Waals surface area contributed by atoms with Crippen molar-refractivity contribution in [3.05, 3.63) is 12.4 Å². The molecule has 1 heterocycles. The van der Waals surface area contributed by atoms with Gasteiger partial charge >= 0.3 is 0 Å². The molecule has 84 valence electrons. The second kappa shape index (κ2) is 6.32. The third-order valence-electron chi connectivity index (χ3n) is 1.81. The molecule has 1 N–H and O–H groups in total. The number of nitriles is 1. The van der Waals surface area contributed by atoms with Gasteiger partial charge in [0, 0.05) is 14.0 Å².